The third-order valence-electron chi connectivity index (χ3n) is 4.25. The highest BCUT2D eigenvalue weighted by Crippen LogP contribution is 2.20. The molecule has 0 saturated carbocycles. The Morgan fingerprint density at radius 3 is 2.77 bits per heavy atom. The molecule has 0 spiro atoms. The second-order valence-electron chi connectivity index (χ2n) is 6.01. The summed E-state index contributed by atoms with van der Waals surface area (Å²) in [6, 6.07) is 3.43. The van der Waals surface area contributed by atoms with Crippen molar-refractivity contribution in [2.75, 3.05) is 43.6 Å². The molecule has 0 aromatic carbocycles. The lowest BCUT2D eigenvalue weighted by Gasteiger charge is -2.27. The van der Waals surface area contributed by atoms with E-state index >= 15 is 0 Å². The minimum atomic E-state index is -0.309. The number of aromatic nitrogens is 3. The fourth-order valence-electron chi connectivity index (χ4n) is 2.92. The normalized spacial score (nSPS) is 14.2. The Bertz CT molecular complexity index is 753. The number of amides is 2. The fraction of sp³-hybridized carbons (Fsp3) is 0.471. The van der Waals surface area contributed by atoms with Gasteiger partial charge in [0, 0.05) is 20.1 Å². The number of pyridine rings is 1. The molecule has 2 amide bonds. The quantitative estimate of drug-likeness (QED) is 0.835. The molecule has 26 heavy (non-hydrogen) atoms. The second kappa shape index (κ2) is 8.05. The Labute approximate surface area is 152 Å². The van der Waals surface area contributed by atoms with Gasteiger partial charge in [0.25, 0.3) is 0 Å². The van der Waals surface area contributed by atoms with E-state index in [2.05, 4.69) is 25.6 Å². The standard InChI is InChI=1S/C17H24N6O3/c1-12-14(16(25-3)22(2)21-12)11-19-17(24)20-13-4-5-15(18-10-13)23-6-8-26-9-7-23/h4-5,10H,6-9,11H2,1-3H3,(H2,19,20,24). The Kier molecular flexibility index (Phi) is 5.57. The lowest BCUT2D eigenvalue weighted by Crippen LogP contribution is -2.36. The molecule has 140 valence electrons. The topological polar surface area (TPSA) is 93.5 Å². The zero-order valence-corrected chi connectivity index (χ0v) is 15.3. The maximum atomic E-state index is 12.1. The van der Waals surface area contributed by atoms with Gasteiger partial charge in [0.15, 0.2) is 0 Å². The van der Waals surface area contributed by atoms with Gasteiger partial charge in [-0.2, -0.15) is 5.10 Å². The number of rotatable bonds is 5. The Hall–Kier alpha value is -2.81. The monoisotopic (exact) mass is 360 g/mol. The van der Waals surface area contributed by atoms with Crippen molar-refractivity contribution in [2.24, 2.45) is 7.05 Å². The van der Waals surface area contributed by atoms with Gasteiger partial charge in [0.1, 0.15) is 5.82 Å². The molecule has 1 fully saturated rings. The van der Waals surface area contributed by atoms with Crippen LogP contribution in [-0.2, 0) is 18.3 Å². The van der Waals surface area contributed by atoms with Crippen LogP contribution in [-0.4, -0.2) is 54.2 Å². The predicted octanol–water partition coefficient (Wildman–Crippen LogP) is 1.29. The third-order valence-corrected chi connectivity index (χ3v) is 4.25. The largest absolute Gasteiger partial charge is 0.481 e. The number of hydrogen-bond donors (Lipinski definition) is 2. The van der Waals surface area contributed by atoms with Gasteiger partial charge in [-0.05, 0) is 19.1 Å². The van der Waals surface area contributed by atoms with E-state index in [0.29, 0.717) is 31.3 Å². The summed E-state index contributed by atoms with van der Waals surface area (Å²) < 4.78 is 12.3. The Balaban J connectivity index is 1.55. The fourth-order valence-corrected chi connectivity index (χ4v) is 2.92. The van der Waals surface area contributed by atoms with E-state index in [-0.39, 0.29) is 6.03 Å². The number of urea groups is 1. The third kappa shape index (κ3) is 4.05. The minimum Gasteiger partial charge on any atom is -0.481 e. The van der Waals surface area contributed by atoms with Gasteiger partial charge >= 0.3 is 6.03 Å². The predicted molar refractivity (Wildman–Crippen MR) is 97.6 cm³/mol. The number of aryl methyl sites for hydroxylation is 2. The molecule has 0 radical (unpaired) electrons. The van der Waals surface area contributed by atoms with Crippen LogP contribution >= 0.6 is 0 Å². The van der Waals surface area contributed by atoms with Crippen molar-refractivity contribution in [1.29, 1.82) is 0 Å². The van der Waals surface area contributed by atoms with Crippen LogP contribution in [0, 0.1) is 6.92 Å². The maximum absolute atomic E-state index is 12.1. The molecule has 2 aromatic heterocycles. The van der Waals surface area contributed by atoms with Gasteiger partial charge in [-0.25, -0.2) is 14.5 Å². The number of methoxy groups -OCH3 is 1. The summed E-state index contributed by atoms with van der Waals surface area (Å²) in [6.07, 6.45) is 1.65. The van der Waals surface area contributed by atoms with Crippen LogP contribution in [0.25, 0.3) is 0 Å². The number of morpholine rings is 1. The summed E-state index contributed by atoms with van der Waals surface area (Å²) in [5.74, 6) is 1.52. The average Bonchev–Trinajstić information content (AvgIpc) is 2.93. The molecule has 1 saturated heterocycles. The van der Waals surface area contributed by atoms with E-state index in [1.807, 2.05) is 19.1 Å². The van der Waals surface area contributed by atoms with E-state index in [0.717, 1.165) is 30.2 Å². The zero-order chi connectivity index (χ0) is 18.5. The van der Waals surface area contributed by atoms with E-state index < -0.39 is 0 Å². The maximum Gasteiger partial charge on any atom is 0.319 e. The molecule has 0 unspecified atom stereocenters. The summed E-state index contributed by atoms with van der Waals surface area (Å²) in [7, 11) is 3.39. The summed E-state index contributed by atoms with van der Waals surface area (Å²) >= 11 is 0. The SMILES string of the molecule is COc1c(CNC(=O)Nc2ccc(N3CCOCC3)nc2)c(C)nn1C. The molecule has 9 nitrogen and oxygen atoms in total. The van der Waals surface area contributed by atoms with Crippen LogP contribution in [0.5, 0.6) is 5.88 Å². The lowest BCUT2D eigenvalue weighted by molar-refractivity contribution is 0.122. The van der Waals surface area contributed by atoms with Gasteiger partial charge in [0.05, 0.1) is 50.0 Å². The van der Waals surface area contributed by atoms with Gasteiger partial charge in [-0.15, -0.1) is 0 Å². The highest BCUT2D eigenvalue weighted by molar-refractivity contribution is 5.89. The first-order valence-electron chi connectivity index (χ1n) is 8.48. The molecular weight excluding hydrogens is 336 g/mol. The van der Waals surface area contributed by atoms with E-state index in [4.69, 9.17) is 9.47 Å². The molecule has 0 aliphatic carbocycles. The Morgan fingerprint density at radius 1 is 1.35 bits per heavy atom. The van der Waals surface area contributed by atoms with Gasteiger partial charge < -0.3 is 25.0 Å². The molecule has 0 bridgehead atoms. The molecule has 3 rings (SSSR count). The summed E-state index contributed by atoms with van der Waals surface area (Å²) in [5, 5.41) is 9.89. The summed E-state index contributed by atoms with van der Waals surface area (Å²) in [5.41, 5.74) is 2.31. The molecule has 2 N–H and O–H groups in total. The molecule has 1 aliphatic heterocycles. The number of hydrogen-bond acceptors (Lipinski definition) is 6. The van der Waals surface area contributed by atoms with Crippen LogP contribution in [0.4, 0.5) is 16.3 Å². The first-order valence-corrected chi connectivity index (χ1v) is 8.48. The van der Waals surface area contributed by atoms with Gasteiger partial charge in [-0.1, -0.05) is 0 Å². The average molecular weight is 360 g/mol. The van der Waals surface area contributed by atoms with E-state index in [1.54, 1.807) is 25.0 Å². The Morgan fingerprint density at radius 2 is 2.12 bits per heavy atom. The van der Waals surface area contributed by atoms with Gasteiger partial charge in [-0.3, -0.25) is 0 Å². The van der Waals surface area contributed by atoms with E-state index in [1.165, 1.54) is 0 Å². The zero-order valence-electron chi connectivity index (χ0n) is 15.3. The first-order chi connectivity index (χ1) is 12.6. The van der Waals surface area contributed by atoms with Crippen LogP contribution in [0.15, 0.2) is 18.3 Å². The van der Waals surface area contributed by atoms with Gasteiger partial charge in [0.2, 0.25) is 5.88 Å². The van der Waals surface area contributed by atoms with Crippen molar-refractivity contribution >= 4 is 17.5 Å². The van der Waals surface area contributed by atoms with Crippen molar-refractivity contribution in [3.8, 4) is 5.88 Å². The number of carbonyl (C=O) groups excluding carboxylic acids is 1. The number of carbonyl (C=O) groups is 1. The number of nitrogens with one attached hydrogen (secondary N) is 2. The second-order valence-corrected chi connectivity index (χ2v) is 6.01. The number of nitrogens with zero attached hydrogens (tertiary/aromatic N) is 4. The number of anilines is 2. The highest BCUT2D eigenvalue weighted by atomic mass is 16.5. The minimum absolute atomic E-state index is 0.309. The van der Waals surface area contributed by atoms with Crippen molar-refractivity contribution in [1.82, 2.24) is 20.1 Å². The molecule has 2 aromatic rings. The van der Waals surface area contributed by atoms with Crippen molar-refractivity contribution in [3.63, 3.8) is 0 Å². The molecular formula is C17H24N6O3. The summed E-state index contributed by atoms with van der Waals surface area (Å²) in [4.78, 5) is 18.7. The molecule has 3 heterocycles. The van der Waals surface area contributed by atoms with Crippen LogP contribution in [0.1, 0.15) is 11.3 Å². The van der Waals surface area contributed by atoms with E-state index in [9.17, 15) is 4.79 Å². The lowest BCUT2D eigenvalue weighted by atomic mass is 10.2. The van der Waals surface area contributed by atoms with Crippen molar-refractivity contribution in [2.45, 2.75) is 13.5 Å². The highest BCUT2D eigenvalue weighted by Gasteiger charge is 2.15. The first kappa shape index (κ1) is 18.0. The van der Waals surface area contributed by atoms with Crippen LogP contribution < -0.4 is 20.3 Å². The van der Waals surface area contributed by atoms with Crippen molar-refractivity contribution < 1.29 is 14.3 Å². The van der Waals surface area contributed by atoms with Crippen LogP contribution in [0.3, 0.4) is 0 Å². The number of ether oxygens (including phenoxy) is 2. The molecule has 1 aliphatic rings. The smallest absolute Gasteiger partial charge is 0.319 e. The van der Waals surface area contributed by atoms with Crippen LogP contribution in [0.2, 0.25) is 0 Å². The summed E-state index contributed by atoms with van der Waals surface area (Å²) in [6.45, 7) is 5.28. The molecule has 0 atom stereocenters. The molecule has 9 heteroatoms. The van der Waals surface area contributed by atoms with Crippen molar-refractivity contribution in [3.05, 3.63) is 29.6 Å².